The van der Waals surface area contributed by atoms with Gasteiger partial charge in [-0.25, -0.2) is 4.67 Å². The van der Waals surface area contributed by atoms with Gasteiger partial charge in [-0.05, 0) is 45.2 Å². The molecule has 4 nitrogen and oxygen atoms in total. The fourth-order valence-electron chi connectivity index (χ4n) is 3.72. The van der Waals surface area contributed by atoms with Gasteiger partial charge in [0.2, 0.25) is 0 Å². The number of nitrogens with zero attached hydrogens (tertiary/aromatic N) is 1. The molecular weight excluding hydrogens is 369 g/mol. The molecular formula is C23H32NO3P. The van der Waals surface area contributed by atoms with Gasteiger partial charge in [-0.1, -0.05) is 60.7 Å². The van der Waals surface area contributed by atoms with E-state index in [1.54, 1.807) is 0 Å². The number of ether oxygens (including phenoxy) is 1. The zero-order valence-electron chi connectivity index (χ0n) is 17.4. The normalized spacial score (nSPS) is 24.8. The molecule has 2 aromatic rings. The van der Waals surface area contributed by atoms with E-state index >= 15 is 0 Å². The molecule has 0 amide bonds. The Labute approximate surface area is 169 Å². The van der Waals surface area contributed by atoms with Gasteiger partial charge in [0.05, 0.1) is 25.0 Å². The molecule has 1 heterocycles. The highest BCUT2D eigenvalue weighted by Gasteiger charge is 2.49. The molecule has 28 heavy (non-hydrogen) atoms. The van der Waals surface area contributed by atoms with Crippen molar-refractivity contribution in [1.82, 2.24) is 4.67 Å². The van der Waals surface area contributed by atoms with Crippen LogP contribution in [0.15, 0.2) is 60.7 Å². The molecule has 3 atom stereocenters. The lowest BCUT2D eigenvalue weighted by atomic mass is 10.1. The van der Waals surface area contributed by atoms with E-state index in [4.69, 9.17) is 9.26 Å². The van der Waals surface area contributed by atoms with Gasteiger partial charge in [-0.2, -0.15) is 0 Å². The molecule has 0 bridgehead atoms. The van der Waals surface area contributed by atoms with Crippen molar-refractivity contribution in [2.24, 2.45) is 0 Å². The van der Waals surface area contributed by atoms with E-state index in [0.717, 1.165) is 24.1 Å². The van der Waals surface area contributed by atoms with Gasteiger partial charge in [0.15, 0.2) is 0 Å². The smallest absolute Gasteiger partial charge is 0.282 e. The Morgan fingerprint density at radius 1 is 1.11 bits per heavy atom. The predicted molar refractivity (Wildman–Crippen MR) is 115 cm³/mol. The standard InChI is InChI=1S/C23H32NO3P/c1-19-15-16-24(23(2,3)4)28(25,27-19)22(21-13-9-6-10-14-21)18-26-17-20-11-7-5-8-12-20/h5-14,19,22H,15-18H2,1-4H3/t19-,22-,28?/m0/s1. The SMILES string of the molecule is C[C@H]1CCN(C(C)(C)C)P(=O)([C@@H](COCc2ccccc2)c2ccccc2)O1. The minimum atomic E-state index is -3.15. The van der Waals surface area contributed by atoms with Crippen LogP contribution >= 0.6 is 7.52 Å². The van der Waals surface area contributed by atoms with Crippen molar-refractivity contribution in [1.29, 1.82) is 0 Å². The first-order valence-corrected chi connectivity index (χ1v) is 11.7. The molecule has 2 aromatic carbocycles. The number of hydrogen-bond acceptors (Lipinski definition) is 3. The van der Waals surface area contributed by atoms with Crippen molar-refractivity contribution in [2.45, 2.75) is 58.0 Å². The fourth-order valence-corrected chi connectivity index (χ4v) is 7.01. The minimum absolute atomic E-state index is 0.0234. The second kappa shape index (κ2) is 8.92. The zero-order chi connectivity index (χ0) is 20.2. The second-order valence-corrected chi connectivity index (χ2v) is 10.9. The number of hydrogen-bond donors (Lipinski definition) is 0. The van der Waals surface area contributed by atoms with Crippen LogP contribution in [0, 0.1) is 0 Å². The van der Waals surface area contributed by atoms with Crippen molar-refractivity contribution in [3.05, 3.63) is 71.8 Å². The van der Waals surface area contributed by atoms with Gasteiger partial charge in [-0.15, -0.1) is 0 Å². The van der Waals surface area contributed by atoms with Gasteiger partial charge < -0.3 is 9.26 Å². The third-order valence-electron chi connectivity index (χ3n) is 5.15. The molecule has 152 valence electrons. The lowest BCUT2D eigenvalue weighted by Crippen LogP contribution is -2.45. The molecule has 0 saturated carbocycles. The van der Waals surface area contributed by atoms with Crippen LogP contribution in [0.2, 0.25) is 0 Å². The van der Waals surface area contributed by atoms with Crippen molar-refractivity contribution in [3.8, 4) is 0 Å². The van der Waals surface area contributed by atoms with E-state index in [1.165, 1.54) is 0 Å². The summed E-state index contributed by atoms with van der Waals surface area (Å²) in [4.78, 5) is 0. The van der Waals surface area contributed by atoms with Crippen LogP contribution < -0.4 is 0 Å². The van der Waals surface area contributed by atoms with Gasteiger partial charge >= 0.3 is 0 Å². The Kier molecular flexibility index (Phi) is 6.77. The van der Waals surface area contributed by atoms with Crippen molar-refractivity contribution in [2.75, 3.05) is 13.2 Å². The summed E-state index contributed by atoms with van der Waals surface area (Å²) in [5.74, 6) is 0. The van der Waals surface area contributed by atoms with E-state index in [0.29, 0.717) is 13.2 Å². The third kappa shape index (κ3) is 4.93. The molecule has 1 saturated heterocycles. The monoisotopic (exact) mass is 401 g/mol. The Morgan fingerprint density at radius 3 is 2.32 bits per heavy atom. The molecule has 1 aliphatic heterocycles. The molecule has 1 unspecified atom stereocenters. The number of rotatable bonds is 6. The highest BCUT2D eigenvalue weighted by Crippen LogP contribution is 2.67. The average Bonchev–Trinajstić information content (AvgIpc) is 2.65. The van der Waals surface area contributed by atoms with Gasteiger partial charge in [-0.3, -0.25) is 4.57 Å². The van der Waals surface area contributed by atoms with E-state index < -0.39 is 7.52 Å². The summed E-state index contributed by atoms with van der Waals surface area (Å²) >= 11 is 0. The maximum absolute atomic E-state index is 14.4. The summed E-state index contributed by atoms with van der Waals surface area (Å²) in [5, 5.41) is 0. The van der Waals surface area contributed by atoms with Gasteiger partial charge in [0.1, 0.15) is 0 Å². The Morgan fingerprint density at radius 2 is 1.71 bits per heavy atom. The number of benzene rings is 2. The summed E-state index contributed by atoms with van der Waals surface area (Å²) < 4.78 is 28.8. The molecule has 0 spiro atoms. The van der Waals surface area contributed by atoms with Gasteiger partial charge in [0.25, 0.3) is 7.52 Å². The van der Waals surface area contributed by atoms with E-state index in [9.17, 15) is 4.57 Å². The molecule has 0 aliphatic carbocycles. The maximum Gasteiger partial charge on any atom is 0.282 e. The Hall–Kier alpha value is -1.45. The maximum atomic E-state index is 14.4. The van der Waals surface area contributed by atoms with Crippen LogP contribution in [0.25, 0.3) is 0 Å². The fraction of sp³-hybridized carbons (Fsp3) is 0.478. The minimum Gasteiger partial charge on any atom is -0.376 e. The molecule has 3 rings (SSSR count). The molecule has 0 aromatic heterocycles. The summed E-state index contributed by atoms with van der Waals surface area (Å²) in [5.41, 5.74) is 1.54. The summed E-state index contributed by atoms with van der Waals surface area (Å²) in [6, 6.07) is 20.1. The van der Waals surface area contributed by atoms with E-state index in [-0.39, 0.29) is 17.3 Å². The van der Waals surface area contributed by atoms with Crippen LogP contribution in [-0.4, -0.2) is 29.5 Å². The summed E-state index contributed by atoms with van der Waals surface area (Å²) in [7, 11) is -3.15. The largest absolute Gasteiger partial charge is 0.376 e. The van der Waals surface area contributed by atoms with Crippen molar-refractivity contribution >= 4 is 7.52 Å². The summed E-state index contributed by atoms with van der Waals surface area (Å²) in [6.07, 6.45) is 0.859. The topological polar surface area (TPSA) is 38.8 Å². The first kappa shape index (κ1) is 21.3. The first-order valence-electron chi connectivity index (χ1n) is 10.0. The average molecular weight is 401 g/mol. The van der Waals surface area contributed by atoms with Crippen LogP contribution in [0.3, 0.4) is 0 Å². The molecule has 5 heteroatoms. The zero-order valence-corrected chi connectivity index (χ0v) is 18.3. The highest BCUT2D eigenvalue weighted by atomic mass is 31.2. The second-order valence-electron chi connectivity index (χ2n) is 8.49. The van der Waals surface area contributed by atoms with Gasteiger partial charge in [0, 0.05) is 12.1 Å². The van der Waals surface area contributed by atoms with Crippen molar-refractivity contribution in [3.63, 3.8) is 0 Å². The lowest BCUT2D eigenvalue weighted by Gasteiger charge is -2.48. The predicted octanol–water partition coefficient (Wildman–Crippen LogP) is 6.05. The van der Waals surface area contributed by atoms with Crippen molar-refractivity contribution < 1.29 is 13.8 Å². The molecule has 1 aliphatic rings. The molecule has 1 fully saturated rings. The van der Waals surface area contributed by atoms with Crippen LogP contribution in [-0.2, 0) is 20.4 Å². The van der Waals surface area contributed by atoms with E-state index in [1.807, 2.05) is 67.6 Å². The Bertz CT molecular complexity index is 788. The third-order valence-corrected chi connectivity index (χ3v) is 8.52. The van der Waals surface area contributed by atoms with E-state index in [2.05, 4.69) is 25.4 Å². The molecule has 0 N–H and O–H groups in total. The lowest BCUT2D eigenvalue weighted by molar-refractivity contribution is 0.0769. The highest BCUT2D eigenvalue weighted by molar-refractivity contribution is 7.57. The quantitative estimate of drug-likeness (QED) is 0.553. The van der Waals surface area contributed by atoms with Crippen LogP contribution in [0.5, 0.6) is 0 Å². The first-order chi connectivity index (χ1) is 13.3. The van der Waals surface area contributed by atoms with Crippen LogP contribution in [0.1, 0.15) is 50.9 Å². The molecule has 0 radical (unpaired) electrons. The Balaban J connectivity index is 1.89. The summed E-state index contributed by atoms with van der Waals surface area (Å²) in [6.45, 7) is 9.94. The van der Waals surface area contributed by atoms with Crippen LogP contribution in [0.4, 0.5) is 0 Å².